The van der Waals surface area contributed by atoms with Crippen molar-refractivity contribution in [2.75, 3.05) is 11.9 Å². The first-order valence-corrected chi connectivity index (χ1v) is 9.15. The summed E-state index contributed by atoms with van der Waals surface area (Å²) in [5, 5.41) is 10.3. The number of hydrogen-bond donors (Lipinski definition) is 3. The molecule has 7 heteroatoms. The second-order valence-electron chi connectivity index (χ2n) is 6.84. The van der Waals surface area contributed by atoms with Crippen LogP contribution in [0.15, 0.2) is 48.5 Å². The summed E-state index contributed by atoms with van der Waals surface area (Å²) in [6.07, 6.45) is 1.10. The van der Waals surface area contributed by atoms with Crippen molar-refractivity contribution in [3.8, 4) is 11.3 Å². The molecule has 0 saturated carbocycles. The standard InChI is InChI=1S/C21H21FN4O2/c22-15-3-1-2-13(10-15)11-18(23)21(27)24-16-6-4-14(5-7-16)20-17-12-28-9-8-19(17)25-26-20/h1-7,10,18H,8-9,11-12,23H2,(H,24,27)(H,25,26). The number of H-pyrrole nitrogens is 1. The van der Waals surface area contributed by atoms with Gasteiger partial charge < -0.3 is 15.8 Å². The number of aromatic amines is 1. The Balaban J connectivity index is 1.41. The van der Waals surface area contributed by atoms with Crippen LogP contribution in [0.1, 0.15) is 16.8 Å². The van der Waals surface area contributed by atoms with Crippen LogP contribution in [0.3, 0.4) is 0 Å². The number of carbonyl (C=O) groups is 1. The lowest BCUT2D eigenvalue weighted by atomic mass is 10.0. The average Bonchev–Trinajstić information content (AvgIpc) is 3.13. The van der Waals surface area contributed by atoms with Gasteiger partial charge in [-0.1, -0.05) is 24.3 Å². The number of nitrogens with one attached hydrogen (secondary N) is 2. The van der Waals surface area contributed by atoms with Gasteiger partial charge in [0.1, 0.15) is 5.82 Å². The van der Waals surface area contributed by atoms with Gasteiger partial charge in [-0.3, -0.25) is 9.89 Å². The number of aromatic nitrogens is 2. The smallest absolute Gasteiger partial charge is 0.241 e. The van der Waals surface area contributed by atoms with Crippen molar-refractivity contribution in [2.24, 2.45) is 5.73 Å². The minimum Gasteiger partial charge on any atom is -0.376 e. The van der Waals surface area contributed by atoms with Gasteiger partial charge in [-0.25, -0.2) is 4.39 Å². The van der Waals surface area contributed by atoms with E-state index in [1.807, 2.05) is 24.3 Å². The molecule has 1 amide bonds. The Labute approximate surface area is 161 Å². The van der Waals surface area contributed by atoms with E-state index in [4.69, 9.17) is 10.5 Å². The predicted molar refractivity (Wildman–Crippen MR) is 104 cm³/mol. The fourth-order valence-corrected chi connectivity index (χ4v) is 3.31. The highest BCUT2D eigenvalue weighted by Gasteiger charge is 2.19. The van der Waals surface area contributed by atoms with Gasteiger partial charge in [-0.05, 0) is 36.2 Å². The van der Waals surface area contributed by atoms with Gasteiger partial charge in [0, 0.05) is 28.9 Å². The van der Waals surface area contributed by atoms with E-state index in [1.54, 1.807) is 12.1 Å². The van der Waals surface area contributed by atoms with Gasteiger partial charge in [0.15, 0.2) is 0 Å². The zero-order valence-corrected chi connectivity index (χ0v) is 15.2. The zero-order valence-electron chi connectivity index (χ0n) is 15.2. The molecule has 2 heterocycles. The maximum Gasteiger partial charge on any atom is 0.241 e. The minimum atomic E-state index is -0.767. The third-order valence-corrected chi connectivity index (χ3v) is 4.80. The number of fused-ring (bicyclic) bond motifs is 1. The van der Waals surface area contributed by atoms with E-state index >= 15 is 0 Å². The normalized spacial score (nSPS) is 14.4. The molecule has 0 saturated heterocycles. The average molecular weight is 380 g/mol. The van der Waals surface area contributed by atoms with Gasteiger partial charge >= 0.3 is 0 Å². The Morgan fingerprint density at radius 1 is 1.29 bits per heavy atom. The Kier molecular flexibility index (Phi) is 5.18. The largest absolute Gasteiger partial charge is 0.376 e. The highest BCUT2D eigenvalue weighted by Crippen LogP contribution is 2.28. The molecule has 0 aliphatic carbocycles. The molecule has 4 rings (SSSR count). The molecule has 1 aromatic heterocycles. The van der Waals surface area contributed by atoms with Crippen LogP contribution >= 0.6 is 0 Å². The van der Waals surface area contributed by atoms with Gasteiger partial charge in [-0.15, -0.1) is 0 Å². The highest BCUT2D eigenvalue weighted by molar-refractivity contribution is 5.95. The third kappa shape index (κ3) is 3.95. The van der Waals surface area contributed by atoms with Crippen LogP contribution in [-0.2, 0) is 29.0 Å². The molecular formula is C21H21FN4O2. The first-order valence-electron chi connectivity index (χ1n) is 9.15. The molecule has 1 aliphatic rings. The van der Waals surface area contributed by atoms with E-state index in [9.17, 15) is 9.18 Å². The van der Waals surface area contributed by atoms with Gasteiger partial charge in [-0.2, -0.15) is 5.10 Å². The van der Waals surface area contributed by atoms with Crippen LogP contribution in [0, 0.1) is 5.82 Å². The molecule has 0 bridgehead atoms. The van der Waals surface area contributed by atoms with Crippen molar-refractivity contribution >= 4 is 11.6 Å². The summed E-state index contributed by atoms with van der Waals surface area (Å²) in [6.45, 7) is 1.25. The van der Waals surface area contributed by atoms with Crippen LogP contribution in [0.25, 0.3) is 11.3 Å². The Morgan fingerprint density at radius 2 is 2.11 bits per heavy atom. The Bertz CT molecular complexity index is 984. The van der Waals surface area contributed by atoms with Crippen molar-refractivity contribution in [3.63, 3.8) is 0 Å². The van der Waals surface area contributed by atoms with E-state index < -0.39 is 6.04 Å². The number of anilines is 1. The van der Waals surface area contributed by atoms with Crippen LogP contribution in [0.5, 0.6) is 0 Å². The van der Waals surface area contributed by atoms with Crippen LogP contribution < -0.4 is 11.1 Å². The zero-order chi connectivity index (χ0) is 19.5. The molecule has 4 N–H and O–H groups in total. The maximum absolute atomic E-state index is 13.3. The summed E-state index contributed by atoms with van der Waals surface area (Å²) in [4.78, 5) is 12.3. The van der Waals surface area contributed by atoms with Crippen molar-refractivity contribution < 1.29 is 13.9 Å². The topological polar surface area (TPSA) is 93.0 Å². The van der Waals surface area contributed by atoms with Crippen molar-refractivity contribution in [1.29, 1.82) is 0 Å². The second kappa shape index (κ2) is 7.92. The molecule has 6 nitrogen and oxygen atoms in total. The summed E-state index contributed by atoms with van der Waals surface area (Å²) in [7, 11) is 0. The van der Waals surface area contributed by atoms with Crippen molar-refractivity contribution in [1.82, 2.24) is 10.2 Å². The van der Waals surface area contributed by atoms with Crippen LogP contribution in [-0.4, -0.2) is 28.8 Å². The lowest BCUT2D eigenvalue weighted by molar-refractivity contribution is -0.117. The molecule has 0 fully saturated rings. The molecule has 2 aromatic carbocycles. The summed E-state index contributed by atoms with van der Waals surface area (Å²) in [5.41, 5.74) is 11.3. The van der Waals surface area contributed by atoms with E-state index in [0.29, 0.717) is 24.5 Å². The molecule has 144 valence electrons. The Hall–Kier alpha value is -3.03. The number of carbonyl (C=O) groups excluding carboxylic acids is 1. The van der Waals surface area contributed by atoms with Gasteiger partial charge in [0.25, 0.3) is 0 Å². The van der Waals surface area contributed by atoms with Crippen LogP contribution in [0.2, 0.25) is 0 Å². The summed E-state index contributed by atoms with van der Waals surface area (Å²) in [6, 6.07) is 12.8. The molecule has 0 radical (unpaired) electrons. The monoisotopic (exact) mass is 380 g/mol. The number of nitrogens with zero attached hydrogens (tertiary/aromatic N) is 1. The maximum atomic E-state index is 13.3. The summed E-state index contributed by atoms with van der Waals surface area (Å²) < 4.78 is 18.8. The highest BCUT2D eigenvalue weighted by atomic mass is 19.1. The fraction of sp³-hybridized carbons (Fsp3) is 0.238. The Morgan fingerprint density at radius 3 is 2.89 bits per heavy atom. The molecule has 3 aromatic rings. The molecule has 28 heavy (non-hydrogen) atoms. The second-order valence-corrected chi connectivity index (χ2v) is 6.84. The van der Waals surface area contributed by atoms with E-state index in [1.165, 1.54) is 12.1 Å². The lowest BCUT2D eigenvalue weighted by Gasteiger charge is -2.14. The predicted octanol–water partition coefficient (Wildman–Crippen LogP) is 2.80. The number of benzene rings is 2. The third-order valence-electron chi connectivity index (χ3n) is 4.80. The molecule has 1 atom stereocenters. The summed E-state index contributed by atoms with van der Waals surface area (Å²) >= 11 is 0. The van der Waals surface area contributed by atoms with E-state index in [-0.39, 0.29) is 18.1 Å². The quantitative estimate of drug-likeness (QED) is 0.635. The molecule has 0 spiro atoms. The van der Waals surface area contributed by atoms with Crippen LogP contribution in [0.4, 0.5) is 10.1 Å². The number of ether oxygens (including phenoxy) is 1. The first-order chi connectivity index (χ1) is 13.6. The lowest BCUT2D eigenvalue weighted by Crippen LogP contribution is -2.37. The molecule has 1 unspecified atom stereocenters. The van der Waals surface area contributed by atoms with Crippen molar-refractivity contribution in [3.05, 3.63) is 71.2 Å². The number of rotatable bonds is 5. The number of amides is 1. The summed E-state index contributed by atoms with van der Waals surface area (Å²) in [5.74, 6) is -0.658. The van der Waals surface area contributed by atoms with E-state index in [0.717, 1.165) is 28.9 Å². The number of hydrogen-bond acceptors (Lipinski definition) is 4. The van der Waals surface area contributed by atoms with Gasteiger partial charge in [0.05, 0.1) is 24.9 Å². The molecule has 1 aliphatic heterocycles. The fourth-order valence-electron chi connectivity index (χ4n) is 3.31. The van der Waals surface area contributed by atoms with E-state index in [2.05, 4.69) is 15.5 Å². The van der Waals surface area contributed by atoms with Crippen molar-refractivity contribution in [2.45, 2.75) is 25.5 Å². The SMILES string of the molecule is NC(Cc1cccc(F)c1)C(=O)Nc1ccc(-c2n[nH]c3c2COCC3)cc1. The minimum absolute atomic E-state index is 0.265. The molecular weight excluding hydrogens is 359 g/mol. The number of halogens is 1. The number of nitrogens with two attached hydrogens (primary N) is 1. The first kappa shape index (κ1) is 18.3. The van der Waals surface area contributed by atoms with Gasteiger partial charge in [0.2, 0.25) is 5.91 Å².